The first kappa shape index (κ1) is 33.5. The monoisotopic (exact) mass is 654 g/mol. The zero-order chi connectivity index (χ0) is 33.6. The molecule has 2 aliphatic heterocycles. The summed E-state index contributed by atoms with van der Waals surface area (Å²) in [6, 6.07) is 4.45. The van der Waals surface area contributed by atoms with Gasteiger partial charge in [0.1, 0.15) is 65.2 Å². The highest BCUT2D eigenvalue weighted by Crippen LogP contribution is 2.44. The minimum atomic E-state index is -1.97. The second kappa shape index (κ2) is 13.1. The summed E-state index contributed by atoms with van der Waals surface area (Å²) in [7, 11) is 2.51. The second-order valence-electron chi connectivity index (χ2n) is 10.8. The third kappa shape index (κ3) is 5.99. The van der Waals surface area contributed by atoms with Crippen LogP contribution in [0.5, 0.6) is 34.5 Å². The summed E-state index contributed by atoms with van der Waals surface area (Å²) in [5.74, 6) is -2.76. The normalized spacial score (nSPS) is 31.5. The maximum Gasteiger partial charge on any atom is 0.239 e. The average molecular weight is 655 g/mol. The van der Waals surface area contributed by atoms with Gasteiger partial charge in [-0.25, -0.2) is 0 Å². The van der Waals surface area contributed by atoms with Crippen molar-refractivity contribution in [3.63, 3.8) is 0 Å². The van der Waals surface area contributed by atoms with Crippen LogP contribution >= 0.6 is 0 Å². The fourth-order valence-corrected chi connectivity index (χ4v) is 5.20. The number of aromatic hydroxyl groups is 3. The molecule has 2 saturated heterocycles. The number of rotatable bonds is 8. The molecule has 17 nitrogen and oxygen atoms in total. The molecule has 0 bridgehead atoms. The topological polar surface area (TPSA) is 268 Å². The molecule has 0 unspecified atom stereocenters. The largest absolute Gasteiger partial charge is 0.508 e. The lowest BCUT2D eigenvalue weighted by Gasteiger charge is -2.42. The molecular formula is C29H34O17. The summed E-state index contributed by atoms with van der Waals surface area (Å²) in [4.78, 5) is 13.8. The van der Waals surface area contributed by atoms with E-state index in [9.17, 15) is 50.8 Å². The van der Waals surface area contributed by atoms with Gasteiger partial charge < -0.3 is 78.8 Å². The molecule has 17 heteroatoms. The van der Waals surface area contributed by atoms with E-state index in [0.29, 0.717) is 0 Å². The van der Waals surface area contributed by atoms with Crippen molar-refractivity contribution in [1.29, 1.82) is 0 Å². The molecule has 3 heterocycles. The van der Waals surface area contributed by atoms with E-state index in [2.05, 4.69) is 0 Å². The van der Waals surface area contributed by atoms with E-state index in [4.69, 9.17) is 32.8 Å². The van der Waals surface area contributed by atoms with Gasteiger partial charge in [0.2, 0.25) is 23.2 Å². The molecule has 3 aromatic rings. The Morgan fingerprint density at radius 1 is 0.761 bits per heavy atom. The van der Waals surface area contributed by atoms with Crippen LogP contribution in [0.1, 0.15) is 6.92 Å². The molecule has 46 heavy (non-hydrogen) atoms. The van der Waals surface area contributed by atoms with E-state index in [1.54, 1.807) is 0 Å². The van der Waals surface area contributed by atoms with Crippen LogP contribution in [-0.4, -0.2) is 128 Å². The van der Waals surface area contributed by atoms with Crippen molar-refractivity contribution in [3.8, 4) is 45.8 Å². The summed E-state index contributed by atoms with van der Waals surface area (Å²) in [5, 5.41) is 92.7. The van der Waals surface area contributed by atoms with Gasteiger partial charge in [-0.05, 0) is 19.1 Å². The predicted octanol–water partition coefficient (Wildman–Crippen LogP) is -1.38. The van der Waals surface area contributed by atoms with Gasteiger partial charge in [0.15, 0.2) is 23.5 Å². The standard InChI is InChI=1S/C29H34O17/c1-9-18(32)22(36)24(38)28(43-9)42-8-16-20(34)23(37)25(39)29(45-16)46-27-21(35)17-12(31)6-11(30)7-13(17)44-26(27)10-4-14(40-2)19(33)15(5-10)41-3/h4-7,9,16,18,20,22-25,28-34,36-39H,8H2,1-3H3/t9-,16+,18-,20-,22+,23-,24+,25+,28+,29-/m0/s1. The zero-order valence-corrected chi connectivity index (χ0v) is 24.6. The fraction of sp³-hybridized carbons (Fsp3) is 0.483. The lowest BCUT2D eigenvalue weighted by atomic mass is 9.98. The number of fused-ring (bicyclic) bond motifs is 1. The molecule has 2 fully saturated rings. The second-order valence-corrected chi connectivity index (χ2v) is 10.8. The van der Waals surface area contributed by atoms with Gasteiger partial charge in [-0.3, -0.25) is 4.79 Å². The van der Waals surface area contributed by atoms with Gasteiger partial charge in [-0.15, -0.1) is 0 Å². The molecule has 0 spiro atoms. The molecule has 10 atom stereocenters. The molecule has 9 N–H and O–H groups in total. The Bertz CT molecular complexity index is 1600. The van der Waals surface area contributed by atoms with Gasteiger partial charge in [-0.1, -0.05) is 0 Å². The molecule has 0 aliphatic carbocycles. The van der Waals surface area contributed by atoms with Crippen LogP contribution in [0.2, 0.25) is 0 Å². The zero-order valence-electron chi connectivity index (χ0n) is 24.6. The van der Waals surface area contributed by atoms with Crippen molar-refractivity contribution >= 4 is 11.0 Å². The number of aliphatic hydroxyl groups excluding tert-OH is 6. The minimum Gasteiger partial charge on any atom is -0.508 e. The number of benzene rings is 2. The molecule has 0 saturated carbocycles. The van der Waals surface area contributed by atoms with Gasteiger partial charge in [0.05, 0.1) is 26.9 Å². The van der Waals surface area contributed by atoms with Gasteiger partial charge in [0.25, 0.3) is 0 Å². The fourth-order valence-electron chi connectivity index (χ4n) is 5.20. The highest BCUT2D eigenvalue weighted by Gasteiger charge is 2.48. The van der Waals surface area contributed by atoms with Crippen LogP contribution in [-0.2, 0) is 14.2 Å². The van der Waals surface area contributed by atoms with E-state index in [1.807, 2.05) is 0 Å². The van der Waals surface area contributed by atoms with E-state index >= 15 is 0 Å². The van der Waals surface area contributed by atoms with Crippen LogP contribution in [0.3, 0.4) is 0 Å². The predicted molar refractivity (Wildman–Crippen MR) is 152 cm³/mol. The van der Waals surface area contributed by atoms with Crippen molar-refractivity contribution in [2.75, 3.05) is 20.8 Å². The van der Waals surface area contributed by atoms with Gasteiger partial charge in [-0.2, -0.15) is 0 Å². The van der Waals surface area contributed by atoms with E-state index in [-0.39, 0.29) is 34.2 Å². The molecular weight excluding hydrogens is 620 g/mol. The number of phenols is 3. The molecule has 0 radical (unpaired) electrons. The van der Waals surface area contributed by atoms with Crippen molar-refractivity contribution in [2.24, 2.45) is 0 Å². The molecule has 2 aromatic carbocycles. The third-order valence-electron chi connectivity index (χ3n) is 7.80. The summed E-state index contributed by atoms with van der Waals surface area (Å²) in [6.45, 7) is 0.824. The minimum absolute atomic E-state index is 0.0207. The molecule has 252 valence electrons. The van der Waals surface area contributed by atoms with Crippen molar-refractivity contribution in [1.82, 2.24) is 0 Å². The van der Waals surface area contributed by atoms with Crippen molar-refractivity contribution in [3.05, 3.63) is 34.5 Å². The van der Waals surface area contributed by atoms with Crippen LogP contribution in [0, 0.1) is 0 Å². The van der Waals surface area contributed by atoms with Crippen LogP contribution < -0.4 is 19.6 Å². The first-order valence-electron chi connectivity index (χ1n) is 13.9. The molecule has 2 aliphatic rings. The van der Waals surface area contributed by atoms with Crippen LogP contribution in [0.25, 0.3) is 22.3 Å². The smallest absolute Gasteiger partial charge is 0.239 e. The van der Waals surface area contributed by atoms with Gasteiger partial charge >= 0.3 is 0 Å². The highest BCUT2D eigenvalue weighted by atomic mass is 16.7. The summed E-state index contributed by atoms with van der Waals surface area (Å²) in [5.41, 5.74) is -1.27. The first-order valence-corrected chi connectivity index (χ1v) is 13.9. The molecule has 1 aromatic heterocycles. The SMILES string of the molecule is COc1cc(-c2oc3cc(O)cc(O)c3c(=O)c2O[C@@H]2O[C@H](CO[C@@H]3O[C@@H](C)[C@H](O)[C@@H](O)[C@H]3O)[C@H](O)[C@H](O)[C@H]2O)cc(OC)c1O. The third-order valence-corrected chi connectivity index (χ3v) is 7.80. The summed E-state index contributed by atoms with van der Waals surface area (Å²) in [6.07, 6.45) is -16.2. The number of methoxy groups -OCH3 is 2. The number of ether oxygens (including phenoxy) is 6. The first-order chi connectivity index (χ1) is 21.8. The maximum atomic E-state index is 13.8. The summed E-state index contributed by atoms with van der Waals surface area (Å²) >= 11 is 0. The number of aliphatic hydroxyl groups is 6. The maximum absolute atomic E-state index is 13.8. The molecule has 5 rings (SSSR count). The lowest BCUT2D eigenvalue weighted by Crippen LogP contribution is -2.61. The Balaban J connectivity index is 1.52. The summed E-state index contributed by atoms with van der Waals surface area (Å²) < 4.78 is 38.6. The Labute approximate surface area is 259 Å². The van der Waals surface area contributed by atoms with E-state index in [0.717, 1.165) is 12.1 Å². The Kier molecular flexibility index (Phi) is 9.50. The van der Waals surface area contributed by atoms with Crippen LogP contribution in [0.15, 0.2) is 33.5 Å². The van der Waals surface area contributed by atoms with Crippen molar-refractivity contribution < 1.29 is 78.8 Å². The Morgan fingerprint density at radius 3 is 2.00 bits per heavy atom. The Morgan fingerprint density at radius 2 is 1.37 bits per heavy atom. The quantitative estimate of drug-likeness (QED) is 0.135. The van der Waals surface area contributed by atoms with Crippen molar-refractivity contribution in [2.45, 2.75) is 68.3 Å². The highest BCUT2D eigenvalue weighted by molar-refractivity contribution is 5.88. The molecule has 0 amide bonds. The van der Waals surface area contributed by atoms with E-state index in [1.165, 1.54) is 33.3 Å². The van der Waals surface area contributed by atoms with E-state index < -0.39 is 96.1 Å². The number of hydrogen-bond donors (Lipinski definition) is 9. The number of phenolic OH excluding ortho intramolecular Hbond substituents is 3. The van der Waals surface area contributed by atoms with Crippen LogP contribution in [0.4, 0.5) is 0 Å². The lowest BCUT2D eigenvalue weighted by molar-refractivity contribution is -0.318. The average Bonchev–Trinajstić information content (AvgIpc) is 3.02. The Hall–Kier alpha value is -3.91. The number of hydrogen-bond acceptors (Lipinski definition) is 17. The van der Waals surface area contributed by atoms with Gasteiger partial charge in [0, 0.05) is 17.7 Å².